The molecule has 1 heterocycles. The van der Waals surface area contributed by atoms with Crippen molar-refractivity contribution in [2.75, 3.05) is 16.8 Å². The molecule has 6 heteroatoms. The van der Waals surface area contributed by atoms with Gasteiger partial charge in [0.2, 0.25) is 5.95 Å². The maximum atomic E-state index is 12.8. The number of carbonyl (C=O) groups is 1. The minimum Gasteiger partial charge on any atom is -0.324 e. The molecule has 0 aliphatic rings. The highest BCUT2D eigenvalue weighted by atomic mass is 79.9. The lowest BCUT2D eigenvalue weighted by Crippen LogP contribution is -2.31. The summed E-state index contributed by atoms with van der Waals surface area (Å²) in [6.45, 7) is 2.50. The summed E-state index contributed by atoms with van der Waals surface area (Å²) < 4.78 is 0.990. The van der Waals surface area contributed by atoms with Crippen molar-refractivity contribution < 1.29 is 4.79 Å². The molecule has 0 saturated heterocycles. The molecule has 0 radical (unpaired) electrons. The Bertz CT molecular complexity index is 853. The van der Waals surface area contributed by atoms with Crippen LogP contribution in [0.4, 0.5) is 17.3 Å². The van der Waals surface area contributed by atoms with E-state index in [0.29, 0.717) is 18.2 Å². The molecule has 3 aromatic rings. The van der Waals surface area contributed by atoms with E-state index in [1.165, 1.54) is 0 Å². The summed E-state index contributed by atoms with van der Waals surface area (Å²) >= 11 is 3.40. The number of nitrogens with zero attached hydrogens (tertiary/aromatic N) is 3. The van der Waals surface area contributed by atoms with Gasteiger partial charge in [0.05, 0.1) is 0 Å². The number of amides is 1. The lowest BCUT2D eigenvalue weighted by molar-refractivity contribution is 0.0983. The number of rotatable bonds is 5. The molecule has 0 spiro atoms. The number of carbonyl (C=O) groups excluding carboxylic acids is 1. The Kier molecular flexibility index (Phi) is 5.40. The normalized spacial score (nSPS) is 10.3. The molecule has 0 saturated carbocycles. The summed E-state index contributed by atoms with van der Waals surface area (Å²) in [4.78, 5) is 23.1. The van der Waals surface area contributed by atoms with Gasteiger partial charge in [-0.2, -0.15) is 0 Å². The molecule has 0 bridgehead atoms. The van der Waals surface area contributed by atoms with Gasteiger partial charge in [0, 0.05) is 28.6 Å². The fourth-order valence-electron chi connectivity index (χ4n) is 2.39. The average Bonchev–Trinajstić information content (AvgIpc) is 2.65. The number of halogens is 1. The SMILES string of the molecule is CCN(C(=O)c1ccnc(Nc2ccc(Br)cc2)n1)c1ccccc1. The third-order valence-corrected chi connectivity index (χ3v) is 4.13. The van der Waals surface area contributed by atoms with E-state index in [9.17, 15) is 4.79 Å². The number of nitrogens with one attached hydrogen (secondary N) is 1. The van der Waals surface area contributed by atoms with E-state index in [2.05, 4.69) is 31.2 Å². The highest BCUT2D eigenvalue weighted by molar-refractivity contribution is 9.10. The summed E-state index contributed by atoms with van der Waals surface area (Å²) in [5, 5.41) is 3.11. The first kappa shape index (κ1) is 17.1. The molecule has 1 N–H and O–H groups in total. The van der Waals surface area contributed by atoms with Crippen LogP contribution in [0.5, 0.6) is 0 Å². The first-order valence-corrected chi connectivity index (χ1v) is 8.69. The van der Waals surface area contributed by atoms with Crippen molar-refractivity contribution in [1.29, 1.82) is 0 Å². The van der Waals surface area contributed by atoms with E-state index >= 15 is 0 Å². The maximum Gasteiger partial charge on any atom is 0.277 e. The lowest BCUT2D eigenvalue weighted by Gasteiger charge is -2.20. The molecule has 0 atom stereocenters. The second kappa shape index (κ2) is 7.90. The molecular weight excluding hydrogens is 380 g/mol. The van der Waals surface area contributed by atoms with Crippen LogP contribution in [0.25, 0.3) is 0 Å². The molecule has 2 aromatic carbocycles. The van der Waals surface area contributed by atoms with E-state index in [1.807, 2.05) is 61.5 Å². The highest BCUT2D eigenvalue weighted by Gasteiger charge is 2.17. The Morgan fingerprint density at radius 3 is 2.48 bits per heavy atom. The fourth-order valence-corrected chi connectivity index (χ4v) is 2.65. The van der Waals surface area contributed by atoms with Crippen molar-refractivity contribution >= 4 is 39.2 Å². The average molecular weight is 397 g/mol. The van der Waals surface area contributed by atoms with Gasteiger partial charge >= 0.3 is 0 Å². The summed E-state index contributed by atoms with van der Waals surface area (Å²) in [6.07, 6.45) is 1.58. The van der Waals surface area contributed by atoms with Crippen LogP contribution < -0.4 is 10.2 Å². The number of benzene rings is 2. The van der Waals surface area contributed by atoms with Gasteiger partial charge in [-0.25, -0.2) is 9.97 Å². The van der Waals surface area contributed by atoms with Crippen molar-refractivity contribution in [3.8, 4) is 0 Å². The maximum absolute atomic E-state index is 12.8. The predicted octanol–water partition coefficient (Wildman–Crippen LogP) is 4.65. The van der Waals surface area contributed by atoms with E-state index in [0.717, 1.165) is 15.8 Å². The lowest BCUT2D eigenvalue weighted by atomic mass is 10.2. The minimum absolute atomic E-state index is 0.157. The number of aromatic nitrogens is 2. The van der Waals surface area contributed by atoms with E-state index in [1.54, 1.807) is 17.2 Å². The fraction of sp³-hybridized carbons (Fsp3) is 0.105. The Hall–Kier alpha value is -2.73. The van der Waals surface area contributed by atoms with Crippen molar-refractivity contribution in [3.05, 3.63) is 77.0 Å². The van der Waals surface area contributed by atoms with E-state index < -0.39 is 0 Å². The topological polar surface area (TPSA) is 58.1 Å². The van der Waals surface area contributed by atoms with E-state index in [-0.39, 0.29) is 5.91 Å². The van der Waals surface area contributed by atoms with Gasteiger partial charge in [-0.1, -0.05) is 34.1 Å². The molecule has 126 valence electrons. The van der Waals surface area contributed by atoms with Crippen LogP contribution in [0.2, 0.25) is 0 Å². The third-order valence-electron chi connectivity index (χ3n) is 3.60. The van der Waals surface area contributed by atoms with Crippen LogP contribution in [-0.4, -0.2) is 22.4 Å². The van der Waals surface area contributed by atoms with Crippen LogP contribution in [0.15, 0.2) is 71.3 Å². The van der Waals surface area contributed by atoms with Gasteiger partial charge in [0.1, 0.15) is 5.69 Å². The molecule has 0 aliphatic carbocycles. The minimum atomic E-state index is -0.157. The second-order valence-electron chi connectivity index (χ2n) is 5.28. The van der Waals surface area contributed by atoms with Crippen LogP contribution in [0, 0.1) is 0 Å². The number of para-hydroxylation sites is 1. The predicted molar refractivity (Wildman–Crippen MR) is 103 cm³/mol. The Labute approximate surface area is 154 Å². The zero-order chi connectivity index (χ0) is 17.6. The van der Waals surface area contributed by atoms with Gasteiger partial charge in [0.15, 0.2) is 0 Å². The Morgan fingerprint density at radius 2 is 1.80 bits per heavy atom. The molecule has 1 amide bonds. The zero-order valence-electron chi connectivity index (χ0n) is 13.7. The van der Waals surface area contributed by atoms with Gasteiger partial charge < -0.3 is 10.2 Å². The van der Waals surface area contributed by atoms with E-state index in [4.69, 9.17) is 0 Å². The Balaban J connectivity index is 1.82. The molecule has 5 nitrogen and oxygen atoms in total. The Morgan fingerprint density at radius 1 is 1.08 bits per heavy atom. The second-order valence-corrected chi connectivity index (χ2v) is 6.20. The monoisotopic (exact) mass is 396 g/mol. The number of hydrogen-bond acceptors (Lipinski definition) is 4. The van der Waals surface area contributed by atoms with Crippen molar-refractivity contribution in [2.45, 2.75) is 6.92 Å². The molecular formula is C19H17BrN4O. The molecule has 25 heavy (non-hydrogen) atoms. The van der Waals surface area contributed by atoms with Crippen molar-refractivity contribution in [3.63, 3.8) is 0 Å². The highest BCUT2D eigenvalue weighted by Crippen LogP contribution is 2.19. The first-order chi connectivity index (χ1) is 12.2. The largest absolute Gasteiger partial charge is 0.324 e. The summed E-state index contributed by atoms with van der Waals surface area (Å²) in [5.74, 6) is 0.229. The quantitative estimate of drug-likeness (QED) is 0.681. The first-order valence-electron chi connectivity index (χ1n) is 7.90. The van der Waals surface area contributed by atoms with Crippen molar-refractivity contribution in [2.24, 2.45) is 0 Å². The standard InChI is InChI=1S/C19H17BrN4O/c1-2-24(16-6-4-3-5-7-16)18(25)17-12-13-21-19(23-17)22-15-10-8-14(20)9-11-15/h3-13H,2H2,1H3,(H,21,22,23). The summed E-state index contributed by atoms with van der Waals surface area (Å²) in [5.41, 5.74) is 2.04. The van der Waals surface area contributed by atoms with Gasteiger partial charge in [0.25, 0.3) is 5.91 Å². The molecule has 3 rings (SSSR count). The summed E-state index contributed by atoms with van der Waals surface area (Å²) in [7, 11) is 0. The number of hydrogen-bond donors (Lipinski definition) is 1. The smallest absolute Gasteiger partial charge is 0.277 e. The van der Waals surface area contributed by atoms with Gasteiger partial charge in [-0.3, -0.25) is 4.79 Å². The van der Waals surface area contributed by atoms with Crippen molar-refractivity contribution in [1.82, 2.24) is 9.97 Å². The van der Waals surface area contributed by atoms with Crippen LogP contribution in [0.1, 0.15) is 17.4 Å². The van der Waals surface area contributed by atoms with Gasteiger partial charge in [-0.05, 0) is 49.4 Å². The van der Waals surface area contributed by atoms with Crippen LogP contribution in [0.3, 0.4) is 0 Å². The summed E-state index contributed by atoms with van der Waals surface area (Å²) in [6, 6.07) is 18.8. The van der Waals surface area contributed by atoms with Gasteiger partial charge in [-0.15, -0.1) is 0 Å². The van der Waals surface area contributed by atoms with Crippen LogP contribution >= 0.6 is 15.9 Å². The molecule has 1 aromatic heterocycles. The molecule has 0 unspecified atom stereocenters. The molecule has 0 fully saturated rings. The molecule has 0 aliphatic heterocycles. The number of anilines is 3. The zero-order valence-corrected chi connectivity index (χ0v) is 15.3. The van der Waals surface area contributed by atoms with Crippen LogP contribution in [-0.2, 0) is 0 Å². The third kappa shape index (κ3) is 4.22.